The smallest absolute Gasteiger partial charge is 0.275 e. The molecule has 0 fully saturated rings. The predicted octanol–water partition coefficient (Wildman–Crippen LogP) is 3.54. The Kier molecular flexibility index (Phi) is 3.89. The first kappa shape index (κ1) is 14.3. The summed E-state index contributed by atoms with van der Waals surface area (Å²) in [4.78, 5) is 20.6. The van der Waals surface area contributed by atoms with Crippen molar-refractivity contribution in [2.75, 3.05) is 12.4 Å². The SMILES string of the molecule is COc1ccc2nc(C(=O)Nc3ccc(Cl)cn3)ccc2c1. The summed E-state index contributed by atoms with van der Waals surface area (Å²) in [5.74, 6) is 0.843. The molecule has 3 rings (SSSR count). The zero-order chi connectivity index (χ0) is 15.5. The molecule has 0 aliphatic heterocycles. The Morgan fingerprint density at radius 2 is 2.05 bits per heavy atom. The van der Waals surface area contributed by atoms with Crippen LogP contribution in [0.2, 0.25) is 5.02 Å². The third-order valence-corrected chi connectivity index (χ3v) is 3.32. The number of anilines is 1. The summed E-state index contributed by atoms with van der Waals surface area (Å²) in [5, 5.41) is 4.09. The van der Waals surface area contributed by atoms with Crippen LogP contribution in [0, 0.1) is 0 Å². The zero-order valence-electron chi connectivity index (χ0n) is 11.7. The number of benzene rings is 1. The predicted molar refractivity (Wildman–Crippen MR) is 85.5 cm³/mol. The molecule has 0 radical (unpaired) electrons. The van der Waals surface area contributed by atoms with Gasteiger partial charge in [-0.25, -0.2) is 9.97 Å². The first-order valence-corrected chi connectivity index (χ1v) is 6.91. The van der Waals surface area contributed by atoms with Crippen molar-refractivity contribution < 1.29 is 9.53 Å². The topological polar surface area (TPSA) is 64.1 Å². The van der Waals surface area contributed by atoms with Crippen molar-refractivity contribution in [2.24, 2.45) is 0 Å². The molecule has 0 saturated heterocycles. The highest BCUT2D eigenvalue weighted by atomic mass is 35.5. The van der Waals surface area contributed by atoms with Gasteiger partial charge in [-0.1, -0.05) is 17.7 Å². The first-order chi connectivity index (χ1) is 10.7. The second kappa shape index (κ2) is 5.99. The van der Waals surface area contributed by atoms with E-state index in [1.807, 2.05) is 18.2 Å². The summed E-state index contributed by atoms with van der Waals surface area (Å²) in [6, 6.07) is 12.3. The molecule has 0 aliphatic rings. The van der Waals surface area contributed by atoms with Gasteiger partial charge in [-0.05, 0) is 36.4 Å². The molecule has 5 nitrogen and oxygen atoms in total. The van der Waals surface area contributed by atoms with Crippen molar-refractivity contribution in [3.63, 3.8) is 0 Å². The molecule has 1 aromatic carbocycles. The number of halogens is 1. The summed E-state index contributed by atoms with van der Waals surface area (Å²) in [6.45, 7) is 0. The largest absolute Gasteiger partial charge is 0.497 e. The van der Waals surface area contributed by atoms with Crippen LogP contribution in [0.3, 0.4) is 0 Å². The normalized spacial score (nSPS) is 10.5. The highest BCUT2D eigenvalue weighted by molar-refractivity contribution is 6.30. The van der Waals surface area contributed by atoms with Gasteiger partial charge in [0.2, 0.25) is 0 Å². The number of rotatable bonds is 3. The number of fused-ring (bicyclic) bond motifs is 1. The van der Waals surface area contributed by atoms with Gasteiger partial charge in [0, 0.05) is 11.6 Å². The number of methoxy groups -OCH3 is 1. The minimum Gasteiger partial charge on any atom is -0.497 e. The van der Waals surface area contributed by atoms with Crippen LogP contribution in [-0.4, -0.2) is 23.0 Å². The number of nitrogens with zero attached hydrogens (tertiary/aromatic N) is 2. The van der Waals surface area contributed by atoms with E-state index in [-0.39, 0.29) is 5.91 Å². The van der Waals surface area contributed by atoms with Crippen molar-refractivity contribution in [3.05, 3.63) is 59.4 Å². The Morgan fingerprint density at radius 3 is 2.77 bits per heavy atom. The maximum absolute atomic E-state index is 12.2. The molecule has 0 aliphatic carbocycles. The van der Waals surface area contributed by atoms with Crippen molar-refractivity contribution in [3.8, 4) is 5.75 Å². The molecular formula is C16H12ClN3O2. The van der Waals surface area contributed by atoms with Gasteiger partial charge < -0.3 is 10.1 Å². The molecule has 110 valence electrons. The lowest BCUT2D eigenvalue weighted by Crippen LogP contribution is -2.14. The molecule has 2 heterocycles. The van der Waals surface area contributed by atoms with E-state index in [2.05, 4.69) is 15.3 Å². The highest BCUT2D eigenvalue weighted by Gasteiger charge is 2.09. The fourth-order valence-corrected chi connectivity index (χ4v) is 2.10. The number of aromatic nitrogens is 2. The van der Waals surface area contributed by atoms with Crippen molar-refractivity contribution in [1.82, 2.24) is 9.97 Å². The third kappa shape index (κ3) is 2.99. The van der Waals surface area contributed by atoms with Crippen LogP contribution in [0.15, 0.2) is 48.7 Å². The molecule has 0 bridgehead atoms. The van der Waals surface area contributed by atoms with E-state index in [0.717, 1.165) is 16.7 Å². The average Bonchev–Trinajstić information content (AvgIpc) is 2.56. The van der Waals surface area contributed by atoms with Crippen LogP contribution in [0.4, 0.5) is 5.82 Å². The summed E-state index contributed by atoms with van der Waals surface area (Å²) in [7, 11) is 1.61. The highest BCUT2D eigenvalue weighted by Crippen LogP contribution is 2.20. The number of ether oxygens (including phenoxy) is 1. The van der Waals surface area contributed by atoms with Gasteiger partial charge in [0.1, 0.15) is 17.3 Å². The molecular weight excluding hydrogens is 302 g/mol. The number of carbonyl (C=O) groups is 1. The van der Waals surface area contributed by atoms with E-state index in [0.29, 0.717) is 16.5 Å². The second-order valence-electron chi connectivity index (χ2n) is 4.57. The fraction of sp³-hybridized carbons (Fsp3) is 0.0625. The Labute approximate surface area is 131 Å². The van der Waals surface area contributed by atoms with Crippen LogP contribution in [-0.2, 0) is 0 Å². The minimum atomic E-state index is -0.326. The van der Waals surface area contributed by atoms with Crippen molar-refractivity contribution in [1.29, 1.82) is 0 Å². The Hall–Kier alpha value is -2.66. The van der Waals surface area contributed by atoms with Crippen LogP contribution in [0.5, 0.6) is 5.75 Å². The van der Waals surface area contributed by atoms with E-state index in [9.17, 15) is 4.79 Å². The number of pyridine rings is 2. The molecule has 0 saturated carbocycles. The molecule has 0 atom stereocenters. The molecule has 2 aromatic heterocycles. The molecule has 22 heavy (non-hydrogen) atoms. The molecule has 6 heteroatoms. The molecule has 3 aromatic rings. The quantitative estimate of drug-likeness (QED) is 0.803. The van der Waals surface area contributed by atoms with E-state index in [4.69, 9.17) is 16.3 Å². The number of carbonyl (C=O) groups excluding carboxylic acids is 1. The number of amides is 1. The van der Waals surface area contributed by atoms with Crippen molar-refractivity contribution >= 4 is 34.2 Å². The fourth-order valence-electron chi connectivity index (χ4n) is 1.99. The summed E-state index contributed by atoms with van der Waals surface area (Å²) < 4.78 is 5.16. The standard InChI is InChI=1S/C16H12ClN3O2/c1-22-12-4-6-13-10(8-12)2-5-14(19-13)16(21)20-15-7-3-11(17)9-18-15/h2-9H,1H3,(H,18,20,21). The summed E-state index contributed by atoms with van der Waals surface area (Å²) >= 11 is 5.76. The van der Waals surface area contributed by atoms with E-state index < -0.39 is 0 Å². The summed E-state index contributed by atoms with van der Waals surface area (Å²) in [5.41, 5.74) is 1.03. The molecule has 0 spiro atoms. The minimum absolute atomic E-state index is 0.314. The molecule has 0 unspecified atom stereocenters. The van der Waals surface area contributed by atoms with Crippen LogP contribution in [0.25, 0.3) is 10.9 Å². The lowest BCUT2D eigenvalue weighted by atomic mass is 10.2. The maximum Gasteiger partial charge on any atom is 0.275 e. The zero-order valence-corrected chi connectivity index (χ0v) is 12.5. The lowest BCUT2D eigenvalue weighted by molar-refractivity contribution is 0.102. The van der Waals surface area contributed by atoms with Gasteiger partial charge >= 0.3 is 0 Å². The van der Waals surface area contributed by atoms with Crippen molar-refractivity contribution in [2.45, 2.75) is 0 Å². The number of hydrogen-bond donors (Lipinski definition) is 1. The number of nitrogens with one attached hydrogen (secondary N) is 1. The van der Waals surface area contributed by atoms with Crippen LogP contribution < -0.4 is 10.1 Å². The Bertz CT molecular complexity index is 834. The second-order valence-corrected chi connectivity index (χ2v) is 5.01. The monoisotopic (exact) mass is 313 g/mol. The van der Waals surface area contributed by atoms with Gasteiger partial charge in [0.05, 0.1) is 17.6 Å². The van der Waals surface area contributed by atoms with Gasteiger partial charge in [0.25, 0.3) is 5.91 Å². The first-order valence-electron chi connectivity index (χ1n) is 6.53. The van der Waals surface area contributed by atoms with Gasteiger partial charge in [-0.15, -0.1) is 0 Å². The Morgan fingerprint density at radius 1 is 1.18 bits per heavy atom. The van der Waals surface area contributed by atoms with E-state index in [1.165, 1.54) is 6.20 Å². The molecule has 1 N–H and O–H groups in total. The third-order valence-electron chi connectivity index (χ3n) is 3.10. The Balaban J connectivity index is 1.86. The lowest BCUT2D eigenvalue weighted by Gasteiger charge is -2.06. The average molecular weight is 314 g/mol. The van der Waals surface area contributed by atoms with E-state index in [1.54, 1.807) is 31.4 Å². The van der Waals surface area contributed by atoms with Gasteiger partial charge in [0.15, 0.2) is 0 Å². The van der Waals surface area contributed by atoms with Crippen LogP contribution >= 0.6 is 11.6 Å². The van der Waals surface area contributed by atoms with Gasteiger partial charge in [-0.3, -0.25) is 4.79 Å². The van der Waals surface area contributed by atoms with Gasteiger partial charge in [-0.2, -0.15) is 0 Å². The number of hydrogen-bond acceptors (Lipinski definition) is 4. The van der Waals surface area contributed by atoms with E-state index >= 15 is 0 Å². The maximum atomic E-state index is 12.2. The summed E-state index contributed by atoms with van der Waals surface area (Å²) in [6.07, 6.45) is 1.47. The van der Waals surface area contributed by atoms with Crippen LogP contribution in [0.1, 0.15) is 10.5 Å². The molecule has 1 amide bonds.